The van der Waals surface area contributed by atoms with Crippen molar-refractivity contribution in [1.29, 1.82) is 0 Å². The number of aryl methyl sites for hydroxylation is 1. The molecule has 0 saturated carbocycles. The number of anilines is 1. The maximum absolute atomic E-state index is 14.3. The monoisotopic (exact) mass is 459 g/mol. The zero-order chi connectivity index (χ0) is 23.3. The van der Waals surface area contributed by atoms with Gasteiger partial charge in [-0.25, -0.2) is 0 Å². The summed E-state index contributed by atoms with van der Waals surface area (Å²) in [6, 6.07) is 14.8. The standard InChI is InChI=1S/C25H25N5O4/c31-16-22(32)29-11-9-25-20-7-1-2-8-21(20)30(24(25)33)15-18-14-28(27-26-18)10-4-12-34-19-6-3-5-17(13-19)23(25)29/h1-3,5-8,13-14,23,31H,4,9-12,15-16H2/t23-,25-/m1/s1. The maximum atomic E-state index is 14.3. The van der Waals surface area contributed by atoms with Crippen LogP contribution in [0, 0.1) is 0 Å². The lowest BCUT2D eigenvalue weighted by atomic mass is 9.72. The second-order valence-corrected chi connectivity index (χ2v) is 9.03. The lowest BCUT2D eigenvalue weighted by Crippen LogP contribution is -2.46. The van der Waals surface area contributed by atoms with E-state index < -0.39 is 24.0 Å². The third-order valence-electron chi connectivity index (χ3n) is 7.16. The van der Waals surface area contributed by atoms with Crippen molar-refractivity contribution in [3.8, 4) is 5.75 Å². The van der Waals surface area contributed by atoms with Crippen molar-refractivity contribution in [2.45, 2.75) is 37.4 Å². The van der Waals surface area contributed by atoms with Gasteiger partial charge in [0.25, 0.3) is 0 Å². The number of hydrogen-bond acceptors (Lipinski definition) is 6. The first-order chi connectivity index (χ1) is 16.6. The Morgan fingerprint density at radius 1 is 1.18 bits per heavy atom. The zero-order valence-electron chi connectivity index (χ0n) is 18.6. The number of ether oxygens (including phenoxy) is 1. The SMILES string of the molecule is O=C(CO)N1CC[C@]23C(=O)N(Cc4cn(nn4)CCCOc4cccc(c4)[C@@H]12)c1ccccc13. The van der Waals surface area contributed by atoms with E-state index in [9.17, 15) is 14.7 Å². The second-order valence-electron chi connectivity index (χ2n) is 9.03. The van der Waals surface area contributed by atoms with Crippen molar-refractivity contribution in [2.75, 3.05) is 24.7 Å². The van der Waals surface area contributed by atoms with Crippen LogP contribution in [-0.4, -0.2) is 56.6 Å². The Hall–Kier alpha value is -3.72. The predicted molar refractivity (Wildman–Crippen MR) is 122 cm³/mol. The lowest BCUT2D eigenvalue weighted by Gasteiger charge is -2.35. The minimum absolute atomic E-state index is 0.0670. The summed E-state index contributed by atoms with van der Waals surface area (Å²) in [4.78, 5) is 30.6. The predicted octanol–water partition coefficient (Wildman–Crippen LogP) is 1.81. The molecular weight excluding hydrogens is 434 g/mol. The molecule has 4 heterocycles. The molecule has 1 saturated heterocycles. The normalized spacial score (nSPS) is 23.6. The van der Waals surface area contributed by atoms with Crippen LogP contribution in [0.15, 0.2) is 54.7 Å². The van der Waals surface area contributed by atoms with Gasteiger partial charge in [0.2, 0.25) is 11.8 Å². The van der Waals surface area contributed by atoms with Crippen LogP contribution < -0.4 is 9.64 Å². The molecule has 3 aliphatic rings. The summed E-state index contributed by atoms with van der Waals surface area (Å²) in [6.07, 6.45) is 3.09. The van der Waals surface area contributed by atoms with Gasteiger partial charge in [0.1, 0.15) is 23.5 Å². The molecule has 9 nitrogen and oxygen atoms in total. The van der Waals surface area contributed by atoms with Gasteiger partial charge in [0.15, 0.2) is 0 Å². The van der Waals surface area contributed by atoms with Crippen LogP contribution in [0.4, 0.5) is 5.69 Å². The van der Waals surface area contributed by atoms with Crippen molar-refractivity contribution in [2.24, 2.45) is 0 Å². The summed E-state index contributed by atoms with van der Waals surface area (Å²) in [5, 5.41) is 18.2. The molecule has 2 atom stereocenters. The van der Waals surface area contributed by atoms with E-state index in [1.54, 1.807) is 14.5 Å². The van der Waals surface area contributed by atoms with Crippen LogP contribution >= 0.6 is 0 Å². The number of rotatable bonds is 1. The topological polar surface area (TPSA) is 101 Å². The van der Waals surface area contributed by atoms with Crippen molar-refractivity contribution in [3.63, 3.8) is 0 Å². The first kappa shape index (κ1) is 20.9. The average molecular weight is 460 g/mol. The van der Waals surface area contributed by atoms with E-state index in [-0.39, 0.29) is 5.91 Å². The number of aromatic nitrogens is 3. The molecule has 1 aromatic heterocycles. The zero-order valence-corrected chi connectivity index (χ0v) is 18.6. The first-order valence-electron chi connectivity index (χ1n) is 11.6. The second kappa shape index (κ2) is 7.95. The molecule has 1 fully saturated rings. The number of aliphatic hydroxyl groups excluding tert-OH is 1. The highest BCUT2D eigenvalue weighted by molar-refractivity contribution is 6.09. The molecule has 0 aliphatic carbocycles. The highest BCUT2D eigenvalue weighted by atomic mass is 16.5. The third-order valence-corrected chi connectivity index (χ3v) is 7.16. The summed E-state index contributed by atoms with van der Waals surface area (Å²) >= 11 is 0. The van der Waals surface area contributed by atoms with Gasteiger partial charge in [-0.2, -0.15) is 0 Å². The quantitative estimate of drug-likeness (QED) is 0.596. The number of fused-ring (bicyclic) bond motifs is 8. The van der Waals surface area contributed by atoms with E-state index in [4.69, 9.17) is 4.74 Å². The van der Waals surface area contributed by atoms with Crippen molar-refractivity contribution >= 4 is 17.5 Å². The molecular formula is C25H25N5O4. The van der Waals surface area contributed by atoms with Crippen LogP contribution in [0.25, 0.3) is 0 Å². The minimum atomic E-state index is -0.962. The summed E-state index contributed by atoms with van der Waals surface area (Å²) < 4.78 is 7.78. The highest BCUT2D eigenvalue weighted by Crippen LogP contribution is 2.57. The molecule has 9 heteroatoms. The molecule has 6 rings (SSSR count). The Labute approximate surface area is 196 Å². The molecule has 2 aromatic carbocycles. The number of aliphatic hydroxyl groups is 1. The third kappa shape index (κ3) is 3.03. The molecule has 0 radical (unpaired) electrons. The smallest absolute Gasteiger partial charge is 0.248 e. The number of likely N-dealkylation sites (tertiary alicyclic amines) is 1. The van der Waals surface area contributed by atoms with Crippen molar-refractivity contribution in [1.82, 2.24) is 19.9 Å². The van der Waals surface area contributed by atoms with Gasteiger partial charge in [0.05, 0.1) is 25.4 Å². The van der Waals surface area contributed by atoms with E-state index in [0.29, 0.717) is 44.1 Å². The van der Waals surface area contributed by atoms with Crippen LogP contribution in [0.1, 0.15) is 35.7 Å². The number of benzene rings is 2. The van der Waals surface area contributed by atoms with E-state index in [0.717, 1.165) is 23.2 Å². The number of para-hydroxylation sites is 1. The fourth-order valence-corrected chi connectivity index (χ4v) is 5.74. The van der Waals surface area contributed by atoms with E-state index in [1.165, 1.54) is 0 Å². The molecule has 0 unspecified atom stereocenters. The number of carbonyl (C=O) groups is 2. The van der Waals surface area contributed by atoms with Crippen LogP contribution in [0.2, 0.25) is 0 Å². The molecule has 1 spiro atoms. The fraction of sp³-hybridized carbons (Fsp3) is 0.360. The van der Waals surface area contributed by atoms with Gasteiger partial charge in [-0.3, -0.25) is 14.3 Å². The van der Waals surface area contributed by atoms with E-state index in [1.807, 2.05) is 54.7 Å². The molecule has 1 N–H and O–H groups in total. The van der Waals surface area contributed by atoms with Gasteiger partial charge in [-0.1, -0.05) is 35.5 Å². The Kier molecular flexibility index (Phi) is 4.88. The Morgan fingerprint density at radius 2 is 2.06 bits per heavy atom. The highest BCUT2D eigenvalue weighted by Gasteiger charge is 2.61. The molecule has 6 bridgehead atoms. The molecule has 2 amide bonds. The molecule has 3 aliphatic heterocycles. The Morgan fingerprint density at radius 3 is 2.94 bits per heavy atom. The summed E-state index contributed by atoms with van der Waals surface area (Å²) in [6.45, 7) is 1.23. The average Bonchev–Trinajstić information content (AvgIpc) is 3.54. The maximum Gasteiger partial charge on any atom is 0.248 e. The van der Waals surface area contributed by atoms with Gasteiger partial charge in [-0.15, -0.1) is 5.10 Å². The van der Waals surface area contributed by atoms with Crippen LogP contribution in [-0.2, 0) is 28.1 Å². The first-order valence-corrected chi connectivity index (χ1v) is 11.6. The van der Waals surface area contributed by atoms with Crippen molar-refractivity contribution < 1.29 is 19.4 Å². The van der Waals surface area contributed by atoms with Crippen LogP contribution in [0.5, 0.6) is 5.75 Å². The van der Waals surface area contributed by atoms with E-state index >= 15 is 0 Å². The fourth-order valence-electron chi connectivity index (χ4n) is 5.74. The minimum Gasteiger partial charge on any atom is -0.494 e. The van der Waals surface area contributed by atoms with E-state index in [2.05, 4.69) is 10.3 Å². The van der Waals surface area contributed by atoms with Crippen molar-refractivity contribution in [3.05, 3.63) is 71.5 Å². The number of hydrogen-bond donors (Lipinski definition) is 1. The number of nitrogens with zero attached hydrogens (tertiary/aromatic N) is 5. The van der Waals surface area contributed by atoms with Gasteiger partial charge >= 0.3 is 0 Å². The Bertz CT molecular complexity index is 1270. The molecule has 3 aromatic rings. The number of amides is 2. The van der Waals surface area contributed by atoms with Gasteiger partial charge in [-0.05, 0) is 35.7 Å². The van der Waals surface area contributed by atoms with Crippen LogP contribution in [0.3, 0.4) is 0 Å². The largest absolute Gasteiger partial charge is 0.494 e. The lowest BCUT2D eigenvalue weighted by molar-refractivity contribution is -0.136. The summed E-state index contributed by atoms with van der Waals surface area (Å²) in [5.74, 6) is 0.223. The summed E-state index contributed by atoms with van der Waals surface area (Å²) in [7, 11) is 0. The van der Waals surface area contributed by atoms with Gasteiger partial charge in [0, 0.05) is 25.2 Å². The van der Waals surface area contributed by atoms with Gasteiger partial charge < -0.3 is 19.6 Å². The molecule has 34 heavy (non-hydrogen) atoms. The molecule has 174 valence electrons. The summed E-state index contributed by atoms with van der Waals surface area (Å²) in [5.41, 5.74) is 2.28. The Balaban J connectivity index is 1.57. The number of carbonyl (C=O) groups excluding carboxylic acids is 2.